The summed E-state index contributed by atoms with van der Waals surface area (Å²) in [6, 6.07) is 10.0. The molecule has 6 nitrogen and oxygen atoms in total. The van der Waals surface area contributed by atoms with Gasteiger partial charge in [0, 0.05) is 0 Å². The van der Waals surface area contributed by atoms with Gasteiger partial charge in [-0.1, -0.05) is 24.3 Å². The number of amides is 2. The summed E-state index contributed by atoms with van der Waals surface area (Å²) >= 11 is 0. The number of alkyl halides is 3. The Morgan fingerprint density at radius 3 is 2.48 bits per heavy atom. The number of rotatable bonds is 2. The average molecular weight is 348 g/mol. The number of urea groups is 1. The fourth-order valence-electron chi connectivity index (χ4n) is 2.25. The van der Waals surface area contributed by atoms with Gasteiger partial charge in [0.15, 0.2) is 0 Å². The molecule has 25 heavy (non-hydrogen) atoms. The highest BCUT2D eigenvalue weighted by atomic mass is 19.4. The molecule has 0 aliphatic carbocycles. The van der Waals surface area contributed by atoms with Crippen molar-refractivity contribution in [3.05, 3.63) is 70.8 Å². The first kappa shape index (κ1) is 16.5. The molecule has 0 atom stereocenters. The molecular weight excluding hydrogens is 337 g/mol. The van der Waals surface area contributed by atoms with Gasteiger partial charge in [-0.2, -0.15) is 13.2 Å². The van der Waals surface area contributed by atoms with E-state index in [2.05, 4.69) is 15.7 Å². The van der Waals surface area contributed by atoms with E-state index in [1.165, 1.54) is 18.2 Å². The van der Waals surface area contributed by atoms with Crippen molar-refractivity contribution in [3.63, 3.8) is 0 Å². The first-order valence-corrected chi connectivity index (χ1v) is 7.07. The molecule has 0 saturated heterocycles. The molecular formula is C16H11F3N4O2. The zero-order valence-corrected chi connectivity index (χ0v) is 12.5. The number of carbonyl (C=O) groups is 1. The van der Waals surface area contributed by atoms with Gasteiger partial charge in [0.1, 0.15) is 6.33 Å². The fourth-order valence-corrected chi connectivity index (χ4v) is 2.25. The van der Waals surface area contributed by atoms with Crippen molar-refractivity contribution in [2.45, 2.75) is 6.18 Å². The van der Waals surface area contributed by atoms with Crippen LogP contribution in [0.25, 0.3) is 10.9 Å². The lowest BCUT2D eigenvalue weighted by molar-refractivity contribution is -0.136. The highest BCUT2D eigenvalue weighted by Crippen LogP contribution is 2.34. The summed E-state index contributed by atoms with van der Waals surface area (Å²) in [6.45, 7) is 0. The lowest BCUT2D eigenvalue weighted by atomic mass is 10.1. The first-order valence-electron chi connectivity index (χ1n) is 7.07. The van der Waals surface area contributed by atoms with Crippen molar-refractivity contribution in [3.8, 4) is 0 Å². The molecule has 0 spiro atoms. The number of para-hydroxylation sites is 2. The average Bonchev–Trinajstić information content (AvgIpc) is 2.57. The van der Waals surface area contributed by atoms with Gasteiger partial charge < -0.3 is 5.32 Å². The van der Waals surface area contributed by atoms with Gasteiger partial charge in [-0.3, -0.25) is 4.79 Å². The molecule has 0 unspecified atom stereocenters. The van der Waals surface area contributed by atoms with Crippen LogP contribution in [0.1, 0.15) is 5.56 Å². The van der Waals surface area contributed by atoms with Crippen LogP contribution in [0.5, 0.6) is 0 Å². The quantitative estimate of drug-likeness (QED) is 0.747. The van der Waals surface area contributed by atoms with E-state index in [0.29, 0.717) is 5.52 Å². The van der Waals surface area contributed by atoms with Gasteiger partial charge in [0.2, 0.25) is 0 Å². The Labute approximate surface area is 138 Å². The van der Waals surface area contributed by atoms with Crippen LogP contribution < -0.4 is 16.3 Å². The van der Waals surface area contributed by atoms with E-state index in [1.54, 1.807) is 18.2 Å². The van der Waals surface area contributed by atoms with E-state index in [-0.39, 0.29) is 5.39 Å². The van der Waals surface area contributed by atoms with Gasteiger partial charge in [-0.15, -0.1) is 0 Å². The molecule has 0 bridgehead atoms. The summed E-state index contributed by atoms with van der Waals surface area (Å²) in [5.74, 6) is 0. The van der Waals surface area contributed by atoms with Crippen molar-refractivity contribution >= 4 is 22.6 Å². The highest BCUT2D eigenvalue weighted by molar-refractivity contribution is 5.95. The van der Waals surface area contributed by atoms with Gasteiger partial charge in [-0.25, -0.2) is 19.9 Å². The van der Waals surface area contributed by atoms with Crippen molar-refractivity contribution in [2.75, 3.05) is 10.7 Å². The van der Waals surface area contributed by atoms with E-state index in [0.717, 1.165) is 23.1 Å². The van der Waals surface area contributed by atoms with E-state index < -0.39 is 29.0 Å². The number of nitrogens with zero attached hydrogens (tertiary/aromatic N) is 2. The molecule has 0 aliphatic heterocycles. The van der Waals surface area contributed by atoms with E-state index in [9.17, 15) is 22.8 Å². The normalized spacial score (nSPS) is 11.3. The summed E-state index contributed by atoms with van der Waals surface area (Å²) in [5.41, 5.74) is 0.628. The minimum absolute atomic E-state index is 0.265. The lowest BCUT2D eigenvalue weighted by Gasteiger charge is -2.14. The minimum atomic E-state index is -4.62. The Bertz CT molecular complexity index is 998. The second kappa shape index (κ2) is 6.27. The molecule has 3 rings (SSSR count). The first-order chi connectivity index (χ1) is 11.9. The third-order valence-electron chi connectivity index (χ3n) is 3.37. The standard InChI is InChI=1S/C16H11F3N4O2/c17-16(18,19)11-6-2-4-8-13(11)21-15(25)22-23-9-20-12-7-3-1-5-10(12)14(23)24/h1-9H,(H2,21,22,25). The molecule has 0 fully saturated rings. The van der Waals surface area contributed by atoms with Gasteiger partial charge in [0.05, 0.1) is 22.2 Å². The zero-order chi connectivity index (χ0) is 18.0. The summed E-state index contributed by atoms with van der Waals surface area (Å²) in [5, 5.41) is 2.35. The molecule has 3 aromatic rings. The molecule has 128 valence electrons. The van der Waals surface area contributed by atoms with E-state index in [4.69, 9.17) is 0 Å². The smallest absolute Gasteiger partial charge is 0.306 e. The van der Waals surface area contributed by atoms with Crippen molar-refractivity contribution in [1.82, 2.24) is 9.66 Å². The van der Waals surface area contributed by atoms with Gasteiger partial charge >= 0.3 is 12.2 Å². The molecule has 0 saturated carbocycles. The number of fused-ring (bicyclic) bond motifs is 1. The fraction of sp³-hybridized carbons (Fsp3) is 0.0625. The molecule has 0 aliphatic rings. The van der Waals surface area contributed by atoms with Crippen molar-refractivity contribution in [2.24, 2.45) is 0 Å². The summed E-state index contributed by atoms with van der Waals surface area (Å²) in [4.78, 5) is 28.2. The monoisotopic (exact) mass is 348 g/mol. The maximum atomic E-state index is 12.9. The third kappa shape index (κ3) is 3.44. The van der Waals surface area contributed by atoms with Crippen LogP contribution in [0, 0.1) is 0 Å². The Hall–Kier alpha value is -3.36. The SMILES string of the molecule is O=C(Nc1ccccc1C(F)(F)F)Nn1cnc2ccccc2c1=O. The van der Waals surface area contributed by atoms with Crippen LogP contribution in [0.3, 0.4) is 0 Å². The number of halogens is 3. The van der Waals surface area contributed by atoms with Crippen LogP contribution in [0.2, 0.25) is 0 Å². The Morgan fingerprint density at radius 1 is 1.04 bits per heavy atom. The van der Waals surface area contributed by atoms with Gasteiger partial charge in [0.25, 0.3) is 5.56 Å². The van der Waals surface area contributed by atoms with Crippen LogP contribution in [0.15, 0.2) is 59.7 Å². The van der Waals surface area contributed by atoms with Crippen molar-refractivity contribution < 1.29 is 18.0 Å². The third-order valence-corrected chi connectivity index (χ3v) is 3.37. The molecule has 2 amide bonds. The summed E-state index contributed by atoms with van der Waals surface area (Å²) in [6.07, 6.45) is -3.54. The van der Waals surface area contributed by atoms with Crippen LogP contribution >= 0.6 is 0 Å². The number of benzene rings is 2. The summed E-state index contributed by atoms with van der Waals surface area (Å²) in [7, 11) is 0. The maximum Gasteiger partial charge on any atom is 0.418 e. The van der Waals surface area contributed by atoms with Crippen LogP contribution in [0.4, 0.5) is 23.7 Å². The zero-order valence-electron chi connectivity index (χ0n) is 12.5. The predicted molar refractivity (Wildman–Crippen MR) is 85.8 cm³/mol. The Morgan fingerprint density at radius 2 is 1.72 bits per heavy atom. The minimum Gasteiger partial charge on any atom is -0.306 e. The number of anilines is 1. The molecule has 9 heteroatoms. The number of carbonyl (C=O) groups excluding carboxylic acids is 1. The van der Waals surface area contributed by atoms with Gasteiger partial charge in [-0.05, 0) is 24.3 Å². The molecule has 1 aromatic heterocycles. The molecule has 1 heterocycles. The number of hydrogen-bond acceptors (Lipinski definition) is 3. The molecule has 2 N–H and O–H groups in total. The van der Waals surface area contributed by atoms with E-state index >= 15 is 0 Å². The van der Waals surface area contributed by atoms with E-state index in [1.807, 2.05) is 0 Å². The second-order valence-electron chi connectivity index (χ2n) is 5.05. The molecule has 2 aromatic carbocycles. The Kier molecular flexibility index (Phi) is 4.14. The predicted octanol–water partition coefficient (Wildman–Crippen LogP) is 3.19. The van der Waals surface area contributed by atoms with Crippen molar-refractivity contribution in [1.29, 1.82) is 0 Å². The topological polar surface area (TPSA) is 76.0 Å². The largest absolute Gasteiger partial charge is 0.418 e. The highest BCUT2D eigenvalue weighted by Gasteiger charge is 2.33. The number of hydrogen-bond donors (Lipinski definition) is 2. The molecule has 0 radical (unpaired) electrons. The Balaban J connectivity index is 1.85. The summed E-state index contributed by atoms with van der Waals surface area (Å²) < 4.78 is 39.6. The lowest BCUT2D eigenvalue weighted by Crippen LogP contribution is -2.36. The van der Waals surface area contributed by atoms with Crippen LogP contribution in [-0.4, -0.2) is 15.7 Å². The van der Waals surface area contributed by atoms with Crippen LogP contribution in [-0.2, 0) is 6.18 Å². The maximum absolute atomic E-state index is 12.9. The second-order valence-corrected chi connectivity index (χ2v) is 5.05. The number of nitrogens with one attached hydrogen (secondary N) is 2. The number of aromatic nitrogens is 2.